The molecule has 0 saturated carbocycles. The molecule has 0 bridgehead atoms. The highest BCUT2D eigenvalue weighted by Crippen LogP contribution is 2.36. The Hall–Kier alpha value is -0.970. The maximum Gasteiger partial charge on any atom is 0.102 e. The minimum absolute atomic E-state index is 0.610. The van der Waals surface area contributed by atoms with Gasteiger partial charge < -0.3 is 13.7 Å². The molecule has 3 aliphatic rings. The molecule has 1 aromatic heterocycles. The van der Waals surface area contributed by atoms with Crippen molar-refractivity contribution < 1.29 is 13.7 Å². The van der Waals surface area contributed by atoms with Gasteiger partial charge in [-0.3, -0.25) is 4.98 Å². The van der Waals surface area contributed by atoms with Crippen LogP contribution in [0.25, 0.3) is 0 Å². The molecule has 0 radical (unpaired) electrons. The highest BCUT2D eigenvalue weighted by atomic mass is 16.5. The summed E-state index contributed by atoms with van der Waals surface area (Å²) in [6, 6.07) is 7.22. The van der Waals surface area contributed by atoms with Gasteiger partial charge in [0.05, 0.1) is 65.4 Å². The number of likely N-dealkylation sites (tertiary alicyclic amines) is 1. The van der Waals surface area contributed by atoms with Crippen molar-refractivity contribution >= 4 is 0 Å². The van der Waals surface area contributed by atoms with Crippen LogP contribution in [0.15, 0.2) is 24.4 Å². The van der Waals surface area contributed by atoms with E-state index in [4.69, 9.17) is 4.74 Å². The molecule has 0 spiro atoms. The van der Waals surface area contributed by atoms with Crippen LogP contribution < -0.4 is 0 Å². The second-order valence-electron chi connectivity index (χ2n) is 10.3. The molecule has 4 nitrogen and oxygen atoms in total. The Morgan fingerprint density at radius 2 is 1.86 bits per heavy atom. The molecular formula is C24H41N3O+2. The molecule has 3 saturated heterocycles. The number of nitrogens with zero attached hydrogens (tertiary/aromatic N) is 3. The van der Waals surface area contributed by atoms with Gasteiger partial charge in [-0.15, -0.1) is 0 Å². The van der Waals surface area contributed by atoms with Crippen molar-refractivity contribution in [3.63, 3.8) is 0 Å². The van der Waals surface area contributed by atoms with Gasteiger partial charge in [-0.2, -0.15) is 0 Å². The topological polar surface area (TPSA) is 22.1 Å². The Balaban J connectivity index is 1.25. The van der Waals surface area contributed by atoms with Gasteiger partial charge in [-0.25, -0.2) is 0 Å². The van der Waals surface area contributed by atoms with Gasteiger partial charge in [0.1, 0.15) is 6.54 Å². The monoisotopic (exact) mass is 387 g/mol. The quantitative estimate of drug-likeness (QED) is 0.547. The van der Waals surface area contributed by atoms with Gasteiger partial charge in [-0.05, 0) is 50.7 Å². The first-order chi connectivity index (χ1) is 13.6. The standard InChI is InChI=1S/C24H41N3O/c1-26(14-7-9-21(19-26)23-11-3-5-13-25-23)17-18-28-20-22-10-8-16-27(2)15-6-4-12-24(22)27/h3,5,11,13,21-22,24H,4,6-10,12,14-20H2,1-2H3/q+2/t21-,22+,24-,26-,27+/m1/s1. The normalized spacial score (nSPS) is 38.7. The number of likely N-dealkylation sites (N-methyl/N-ethyl adjacent to an activating group) is 1. The van der Waals surface area contributed by atoms with Crippen LogP contribution in [0.4, 0.5) is 0 Å². The Bertz CT molecular complexity index is 620. The molecule has 5 atom stereocenters. The van der Waals surface area contributed by atoms with Crippen molar-refractivity contribution in [1.29, 1.82) is 0 Å². The molecule has 4 heteroatoms. The maximum absolute atomic E-state index is 6.33. The lowest BCUT2D eigenvalue weighted by molar-refractivity contribution is -0.947. The Morgan fingerprint density at radius 1 is 1.00 bits per heavy atom. The van der Waals surface area contributed by atoms with E-state index in [0.717, 1.165) is 36.2 Å². The van der Waals surface area contributed by atoms with Crippen LogP contribution in [-0.4, -0.2) is 80.0 Å². The molecule has 0 unspecified atom stereocenters. The van der Waals surface area contributed by atoms with Gasteiger partial charge in [0, 0.05) is 24.2 Å². The van der Waals surface area contributed by atoms with E-state index in [1.807, 2.05) is 12.3 Å². The molecule has 1 aromatic rings. The zero-order chi connectivity index (χ0) is 19.5. The first-order valence-electron chi connectivity index (χ1n) is 11.7. The summed E-state index contributed by atoms with van der Waals surface area (Å²) in [5.74, 6) is 1.39. The number of pyridine rings is 1. The van der Waals surface area contributed by atoms with Crippen LogP contribution in [0.1, 0.15) is 56.6 Å². The number of piperidine rings is 3. The van der Waals surface area contributed by atoms with Gasteiger partial charge in [-0.1, -0.05) is 6.07 Å². The van der Waals surface area contributed by atoms with Crippen LogP contribution >= 0.6 is 0 Å². The predicted molar refractivity (Wildman–Crippen MR) is 114 cm³/mol. The van der Waals surface area contributed by atoms with E-state index in [9.17, 15) is 0 Å². The largest absolute Gasteiger partial charge is 0.375 e. The zero-order valence-corrected chi connectivity index (χ0v) is 18.2. The molecule has 156 valence electrons. The Morgan fingerprint density at radius 3 is 2.71 bits per heavy atom. The van der Waals surface area contributed by atoms with Gasteiger partial charge >= 0.3 is 0 Å². The molecule has 28 heavy (non-hydrogen) atoms. The minimum Gasteiger partial charge on any atom is -0.375 e. The van der Waals surface area contributed by atoms with E-state index in [-0.39, 0.29) is 0 Å². The van der Waals surface area contributed by atoms with Crippen LogP contribution in [0.5, 0.6) is 0 Å². The van der Waals surface area contributed by atoms with Crippen molar-refractivity contribution in [3.05, 3.63) is 30.1 Å². The summed E-state index contributed by atoms with van der Waals surface area (Å²) >= 11 is 0. The van der Waals surface area contributed by atoms with E-state index in [1.165, 1.54) is 81.3 Å². The van der Waals surface area contributed by atoms with Gasteiger partial charge in [0.15, 0.2) is 0 Å². The summed E-state index contributed by atoms with van der Waals surface area (Å²) in [7, 11) is 4.93. The lowest BCUT2D eigenvalue weighted by Gasteiger charge is -2.51. The number of quaternary nitrogens is 2. The van der Waals surface area contributed by atoms with Gasteiger partial charge in [0.2, 0.25) is 0 Å². The fourth-order valence-electron chi connectivity index (χ4n) is 6.44. The van der Waals surface area contributed by atoms with Crippen molar-refractivity contribution in [1.82, 2.24) is 4.98 Å². The Labute approximate surface area is 172 Å². The van der Waals surface area contributed by atoms with E-state index in [2.05, 4.69) is 31.2 Å². The smallest absolute Gasteiger partial charge is 0.102 e. The summed E-state index contributed by atoms with van der Waals surface area (Å²) in [6.45, 7) is 8.33. The second kappa shape index (κ2) is 8.81. The van der Waals surface area contributed by atoms with E-state index >= 15 is 0 Å². The molecule has 0 aromatic carbocycles. The number of aromatic nitrogens is 1. The third-order valence-corrected chi connectivity index (χ3v) is 8.13. The maximum atomic E-state index is 6.33. The summed E-state index contributed by atoms with van der Waals surface area (Å²) in [4.78, 5) is 4.63. The SMILES string of the molecule is C[N@+]1(CCOC[C@@H]2CCC[N@+]3(C)CCCC[C@H]23)CCC[C@@H](c2ccccn2)C1. The second-order valence-corrected chi connectivity index (χ2v) is 10.3. The molecule has 3 aliphatic heterocycles. The van der Waals surface area contributed by atoms with Crippen molar-refractivity contribution in [2.24, 2.45) is 5.92 Å². The lowest BCUT2D eigenvalue weighted by atomic mass is 9.82. The Kier molecular flexibility index (Phi) is 6.39. The van der Waals surface area contributed by atoms with Gasteiger partial charge in [0.25, 0.3) is 0 Å². The molecule has 4 rings (SSSR count). The first-order valence-corrected chi connectivity index (χ1v) is 11.7. The molecular weight excluding hydrogens is 346 g/mol. The summed E-state index contributed by atoms with van der Waals surface area (Å²) < 4.78 is 8.80. The number of hydrogen-bond donors (Lipinski definition) is 0. The molecule has 3 fully saturated rings. The number of hydrogen-bond acceptors (Lipinski definition) is 2. The zero-order valence-electron chi connectivity index (χ0n) is 18.2. The number of rotatable bonds is 6. The molecule has 0 amide bonds. The van der Waals surface area contributed by atoms with Crippen molar-refractivity contribution in [2.75, 3.05) is 60.0 Å². The van der Waals surface area contributed by atoms with E-state index in [0.29, 0.717) is 5.92 Å². The first kappa shape index (κ1) is 20.3. The highest BCUT2D eigenvalue weighted by Gasteiger charge is 2.43. The van der Waals surface area contributed by atoms with Crippen LogP contribution in [0.3, 0.4) is 0 Å². The van der Waals surface area contributed by atoms with Crippen molar-refractivity contribution in [3.8, 4) is 0 Å². The summed E-state index contributed by atoms with van der Waals surface area (Å²) in [5, 5.41) is 0. The highest BCUT2D eigenvalue weighted by molar-refractivity contribution is 5.09. The molecule has 0 aliphatic carbocycles. The van der Waals surface area contributed by atoms with E-state index < -0.39 is 0 Å². The molecule has 4 heterocycles. The van der Waals surface area contributed by atoms with Crippen LogP contribution in [0, 0.1) is 5.92 Å². The average Bonchev–Trinajstić information content (AvgIpc) is 2.71. The van der Waals surface area contributed by atoms with Crippen LogP contribution in [-0.2, 0) is 4.74 Å². The van der Waals surface area contributed by atoms with Crippen LogP contribution in [0.2, 0.25) is 0 Å². The summed E-state index contributed by atoms with van der Waals surface area (Å²) in [5.41, 5.74) is 1.28. The third-order valence-electron chi connectivity index (χ3n) is 8.13. The number of ether oxygens (including phenoxy) is 1. The fourth-order valence-corrected chi connectivity index (χ4v) is 6.44. The van der Waals surface area contributed by atoms with E-state index in [1.54, 1.807) is 0 Å². The molecule has 0 N–H and O–H groups in total. The van der Waals surface area contributed by atoms with Crippen molar-refractivity contribution in [2.45, 2.75) is 56.9 Å². The third kappa shape index (κ3) is 4.60. The average molecular weight is 388 g/mol. The number of fused-ring (bicyclic) bond motifs is 1. The minimum atomic E-state index is 0.610. The lowest BCUT2D eigenvalue weighted by Crippen LogP contribution is -2.61. The fraction of sp³-hybridized carbons (Fsp3) is 0.792. The summed E-state index contributed by atoms with van der Waals surface area (Å²) in [6.07, 6.45) is 11.6. The predicted octanol–water partition coefficient (Wildman–Crippen LogP) is 3.83.